The lowest BCUT2D eigenvalue weighted by atomic mass is 9.82. The van der Waals surface area contributed by atoms with Gasteiger partial charge < -0.3 is 5.32 Å². The summed E-state index contributed by atoms with van der Waals surface area (Å²) >= 11 is 0. The maximum atomic E-state index is 4.57. The molecular weight excluding hydrogens is 330 g/mol. The molecule has 0 spiro atoms. The molecule has 0 radical (unpaired) electrons. The molecule has 1 N–H and O–H groups in total. The second-order valence-electron chi connectivity index (χ2n) is 8.08. The van der Waals surface area contributed by atoms with E-state index in [2.05, 4.69) is 40.6 Å². The standard InChI is InChI=1S/C24H35N3/c1-3-25-22-17-20(19-13-9-6-5-7-10-14-19)18-23(24(22)26-4-2)27-21-15-11-8-12-16-21/h3-4,17-19,21,27H,1-2,5-16H2/b25-22-,26-24+. The van der Waals surface area contributed by atoms with Gasteiger partial charge in [0.25, 0.3) is 0 Å². The minimum Gasteiger partial charge on any atom is -0.380 e. The van der Waals surface area contributed by atoms with E-state index < -0.39 is 0 Å². The van der Waals surface area contributed by atoms with E-state index in [1.165, 1.54) is 82.6 Å². The average molecular weight is 366 g/mol. The Bertz CT molecular complexity index is 637. The van der Waals surface area contributed by atoms with Crippen LogP contribution in [-0.2, 0) is 0 Å². The zero-order chi connectivity index (χ0) is 18.9. The summed E-state index contributed by atoms with van der Waals surface area (Å²) in [5.41, 5.74) is 4.37. The number of hydrogen-bond donors (Lipinski definition) is 1. The highest BCUT2D eigenvalue weighted by molar-refractivity contribution is 6.53. The van der Waals surface area contributed by atoms with Gasteiger partial charge in [-0.3, -0.25) is 9.98 Å². The van der Waals surface area contributed by atoms with Crippen molar-refractivity contribution in [2.75, 3.05) is 0 Å². The van der Waals surface area contributed by atoms with E-state index in [-0.39, 0.29) is 0 Å². The highest BCUT2D eigenvalue weighted by Crippen LogP contribution is 2.31. The lowest BCUT2D eigenvalue weighted by molar-refractivity contribution is 0.399. The van der Waals surface area contributed by atoms with Gasteiger partial charge >= 0.3 is 0 Å². The third-order valence-electron chi connectivity index (χ3n) is 6.10. The summed E-state index contributed by atoms with van der Waals surface area (Å²) in [7, 11) is 0. The first-order valence-corrected chi connectivity index (χ1v) is 10.9. The minimum atomic E-state index is 0.543. The van der Waals surface area contributed by atoms with Crippen molar-refractivity contribution in [3.8, 4) is 0 Å². The average Bonchev–Trinajstić information content (AvgIpc) is 2.65. The molecule has 0 aliphatic heterocycles. The molecule has 3 aliphatic rings. The topological polar surface area (TPSA) is 36.8 Å². The van der Waals surface area contributed by atoms with Crippen LogP contribution in [0.15, 0.2) is 59.0 Å². The van der Waals surface area contributed by atoms with E-state index in [0.717, 1.165) is 17.1 Å². The molecular formula is C24H35N3. The molecule has 0 aromatic carbocycles. The van der Waals surface area contributed by atoms with Crippen molar-refractivity contribution in [3.05, 3.63) is 49.0 Å². The first-order chi connectivity index (χ1) is 13.3. The number of rotatable bonds is 5. The van der Waals surface area contributed by atoms with Crippen LogP contribution in [-0.4, -0.2) is 17.5 Å². The molecule has 0 bridgehead atoms. The summed E-state index contributed by atoms with van der Waals surface area (Å²) in [6.07, 6.45) is 23.7. The number of aliphatic imine (C=N–C) groups is 2. The van der Waals surface area contributed by atoms with Gasteiger partial charge in [-0.15, -0.1) is 0 Å². The van der Waals surface area contributed by atoms with Gasteiger partial charge in [-0.05, 0) is 49.3 Å². The summed E-state index contributed by atoms with van der Waals surface area (Å²) in [6, 6.07) is 0.543. The molecule has 0 saturated heterocycles. The van der Waals surface area contributed by atoms with Crippen LogP contribution in [0, 0.1) is 5.92 Å². The van der Waals surface area contributed by atoms with Crippen LogP contribution in [0.25, 0.3) is 0 Å². The molecule has 0 aromatic heterocycles. The van der Waals surface area contributed by atoms with Crippen LogP contribution in [0.1, 0.15) is 77.0 Å². The number of allylic oxidation sites excluding steroid dienone is 4. The van der Waals surface area contributed by atoms with Crippen molar-refractivity contribution in [1.82, 2.24) is 5.32 Å². The Balaban J connectivity index is 1.89. The lowest BCUT2D eigenvalue weighted by Crippen LogP contribution is -2.37. The summed E-state index contributed by atoms with van der Waals surface area (Å²) in [6.45, 7) is 7.64. The SMILES string of the molecule is C=C/N=C1/C=C(C2CCCCCCC2)C=C(NC2CCCCC2)/C1=N/C=C. The van der Waals surface area contributed by atoms with Crippen molar-refractivity contribution >= 4 is 11.4 Å². The van der Waals surface area contributed by atoms with Crippen LogP contribution >= 0.6 is 0 Å². The van der Waals surface area contributed by atoms with Gasteiger partial charge in [0.2, 0.25) is 0 Å². The minimum absolute atomic E-state index is 0.543. The van der Waals surface area contributed by atoms with Crippen molar-refractivity contribution < 1.29 is 0 Å². The van der Waals surface area contributed by atoms with E-state index in [0.29, 0.717) is 12.0 Å². The number of hydrogen-bond acceptors (Lipinski definition) is 3. The van der Waals surface area contributed by atoms with Gasteiger partial charge in [-0.2, -0.15) is 0 Å². The summed E-state index contributed by atoms with van der Waals surface area (Å²) in [4.78, 5) is 9.13. The summed E-state index contributed by atoms with van der Waals surface area (Å²) in [5.74, 6) is 0.633. The monoisotopic (exact) mass is 365 g/mol. The maximum absolute atomic E-state index is 4.57. The second kappa shape index (κ2) is 10.4. The lowest BCUT2D eigenvalue weighted by Gasteiger charge is -2.29. The van der Waals surface area contributed by atoms with Gasteiger partial charge in [-0.1, -0.05) is 64.5 Å². The Morgan fingerprint density at radius 2 is 1.37 bits per heavy atom. The normalized spacial score (nSPS) is 26.1. The Kier molecular flexibility index (Phi) is 7.67. The zero-order valence-electron chi connectivity index (χ0n) is 16.8. The smallest absolute Gasteiger partial charge is 0.112 e. The molecule has 0 heterocycles. The Morgan fingerprint density at radius 3 is 2.04 bits per heavy atom. The first kappa shape index (κ1) is 19.9. The van der Waals surface area contributed by atoms with E-state index in [1.54, 1.807) is 12.4 Å². The van der Waals surface area contributed by atoms with E-state index in [1.807, 2.05) is 0 Å². The van der Waals surface area contributed by atoms with Crippen LogP contribution in [0.4, 0.5) is 0 Å². The third kappa shape index (κ3) is 5.54. The molecule has 3 nitrogen and oxygen atoms in total. The fraction of sp³-hybridized carbons (Fsp3) is 0.583. The molecule has 3 aliphatic carbocycles. The van der Waals surface area contributed by atoms with E-state index >= 15 is 0 Å². The number of nitrogens with zero attached hydrogens (tertiary/aromatic N) is 2. The zero-order valence-corrected chi connectivity index (χ0v) is 16.8. The molecule has 2 fully saturated rings. The van der Waals surface area contributed by atoms with Gasteiger partial charge in [0.05, 0.1) is 11.4 Å². The summed E-state index contributed by atoms with van der Waals surface area (Å²) < 4.78 is 0. The predicted octanol–water partition coefficient (Wildman–Crippen LogP) is 6.26. The molecule has 2 saturated carbocycles. The van der Waals surface area contributed by atoms with Gasteiger partial charge in [0.15, 0.2) is 0 Å². The van der Waals surface area contributed by atoms with Crippen molar-refractivity contribution in [2.24, 2.45) is 15.9 Å². The highest BCUT2D eigenvalue weighted by atomic mass is 15.0. The Labute approximate surface area is 165 Å². The van der Waals surface area contributed by atoms with Crippen molar-refractivity contribution in [3.63, 3.8) is 0 Å². The maximum Gasteiger partial charge on any atom is 0.112 e. The van der Waals surface area contributed by atoms with Crippen molar-refractivity contribution in [2.45, 2.75) is 83.1 Å². The van der Waals surface area contributed by atoms with Gasteiger partial charge in [0, 0.05) is 18.4 Å². The third-order valence-corrected chi connectivity index (χ3v) is 6.10. The molecule has 0 atom stereocenters. The molecule has 3 heteroatoms. The Hall–Kier alpha value is -1.90. The summed E-state index contributed by atoms with van der Waals surface area (Å²) in [5, 5.41) is 3.80. The van der Waals surface area contributed by atoms with Gasteiger partial charge in [-0.25, -0.2) is 0 Å². The first-order valence-electron chi connectivity index (χ1n) is 10.9. The van der Waals surface area contributed by atoms with E-state index in [4.69, 9.17) is 0 Å². The number of nitrogens with one attached hydrogen (secondary N) is 1. The molecule has 27 heavy (non-hydrogen) atoms. The van der Waals surface area contributed by atoms with Gasteiger partial charge in [0.1, 0.15) is 5.71 Å². The molecule has 0 unspecified atom stereocenters. The fourth-order valence-electron chi connectivity index (χ4n) is 4.67. The quantitative estimate of drug-likeness (QED) is 0.573. The fourth-order valence-corrected chi connectivity index (χ4v) is 4.67. The molecule has 0 aromatic rings. The molecule has 3 rings (SSSR count). The second-order valence-corrected chi connectivity index (χ2v) is 8.08. The molecule has 146 valence electrons. The predicted molar refractivity (Wildman–Crippen MR) is 117 cm³/mol. The van der Waals surface area contributed by atoms with Crippen LogP contribution in [0.5, 0.6) is 0 Å². The highest BCUT2D eigenvalue weighted by Gasteiger charge is 2.25. The van der Waals surface area contributed by atoms with Crippen molar-refractivity contribution in [1.29, 1.82) is 0 Å². The van der Waals surface area contributed by atoms with Crippen LogP contribution in [0.3, 0.4) is 0 Å². The molecule has 0 amide bonds. The van der Waals surface area contributed by atoms with E-state index in [9.17, 15) is 0 Å². The Morgan fingerprint density at radius 1 is 0.778 bits per heavy atom. The van der Waals surface area contributed by atoms with Crippen LogP contribution in [0.2, 0.25) is 0 Å². The largest absolute Gasteiger partial charge is 0.380 e. The van der Waals surface area contributed by atoms with Crippen LogP contribution < -0.4 is 5.32 Å².